The zero-order valence-electron chi connectivity index (χ0n) is 13.0. The standard InChI is InChI=1S/C15H17Cl6N3/c1-13(16,17)5-11(9-23)7-15(20,21)8-12(10-24)6-14(18,19)3-2-4-22/h11-12H,2-3,5-8H2,1H3. The molecule has 0 bridgehead atoms. The molecule has 0 aromatic carbocycles. The van der Waals surface area contributed by atoms with Gasteiger partial charge in [-0.2, -0.15) is 15.8 Å². The van der Waals surface area contributed by atoms with Crippen molar-refractivity contribution in [1.82, 2.24) is 0 Å². The van der Waals surface area contributed by atoms with Gasteiger partial charge in [-0.15, -0.1) is 69.6 Å². The molecular weight excluding hydrogens is 435 g/mol. The zero-order valence-corrected chi connectivity index (χ0v) is 17.5. The number of rotatable bonds is 10. The highest BCUT2D eigenvalue weighted by molar-refractivity contribution is 6.49. The number of alkyl halides is 6. The predicted octanol–water partition coefficient (Wildman–Crippen LogP) is 6.67. The van der Waals surface area contributed by atoms with E-state index in [4.69, 9.17) is 74.9 Å². The van der Waals surface area contributed by atoms with Gasteiger partial charge in [0.15, 0.2) is 0 Å². The van der Waals surface area contributed by atoms with Gasteiger partial charge in [0.1, 0.15) is 13.0 Å². The van der Waals surface area contributed by atoms with Gasteiger partial charge in [-0.1, -0.05) is 0 Å². The van der Waals surface area contributed by atoms with E-state index in [9.17, 15) is 10.5 Å². The van der Waals surface area contributed by atoms with E-state index >= 15 is 0 Å². The van der Waals surface area contributed by atoms with Crippen molar-refractivity contribution < 1.29 is 0 Å². The van der Waals surface area contributed by atoms with Crippen LogP contribution >= 0.6 is 69.6 Å². The summed E-state index contributed by atoms with van der Waals surface area (Å²) in [5, 5.41) is 27.1. The quantitative estimate of drug-likeness (QED) is 0.348. The number of hydrogen-bond acceptors (Lipinski definition) is 3. The molecular formula is C15H17Cl6N3. The summed E-state index contributed by atoms with van der Waals surface area (Å²) in [4.78, 5) is 0. The molecule has 24 heavy (non-hydrogen) atoms. The second kappa shape index (κ2) is 10.4. The van der Waals surface area contributed by atoms with Crippen LogP contribution < -0.4 is 0 Å². The van der Waals surface area contributed by atoms with Gasteiger partial charge in [0.25, 0.3) is 0 Å². The van der Waals surface area contributed by atoms with Gasteiger partial charge in [-0.25, -0.2) is 0 Å². The summed E-state index contributed by atoms with van der Waals surface area (Å²) in [5.41, 5.74) is 0. The van der Waals surface area contributed by atoms with Crippen LogP contribution in [0.3, 0.4) is 0 Å². The van der Waals surface area contributed by atoms with Gasteiger partial charge in [-0.05, 0) is 39.0 Å². The van der Waals surface area contributed by atoms with E-state index in [1.165, 1.54) is 0 Å². The van der Waals surface area contributed by atoms with E-state index in [1.54, 1.807) is 6.92 Å². The average Bonchev–Trinajstić information content (AvgIpc) is 2.41. The molecule has 0 spiro atoms. The molecule has 0 heterocycles. The minimum Gasteiger partial charge on any atom is -0.198 e. The summed E-state index contributed by atoms with van der Waals surface area (Å²) < 4.78 is -3.60. The SMILES string of the molecule is CC(Cl)(Cl)CC(C#N)CC(Cl)(Cl)CC(C#N)CC(Cl)(Cl)CCC#N. The Morgan fingerprint density at radius 3 is 1.54 bits per heavy atom. The van der Waals surface area contributed by atoms with E-state index in [0.717, 1.165) is 0 Å². The highest BCUT2D eigenvalue weighted by atomic mass is 35.5. The van der Waals surface area contributed by atoms with Gasteiger partial charge in [0, 0.05) is 6.42 Å². The normalized spacial score (nSPS) is 15.0. The van der Waals surface area contributed by atoms with E-state index in [-0.39, 0.29) is 38.5 Å². The summed E-state index contributed by atoms with van der Waals surface area (Å²) in [7, 11) is 0. The van der Waals surface area contributed by atoms with E-state index in [2.05, 4.69) is 12.1 Å². The lowest BCUT2D eigenvalue weighted by molar-refractivity contribution is 0.424. The molecule has 3 nitrogen and oxygen atoms in total. The molecule has 0 aromatic heterocycles. The molecule has 0 aliphatic rings. The minimum atomic E-state index is -1.32. The fourth-order valence-electron chi connectivity index (χ4n) is 2.27. The number of nitriles is 3. The lowest BCUT2D eigenvalue weighted by Gasteiger charge is -2.28. The van der Waals surface area contributed by atoms with E-state index in [0.29, 0.717) is 0 Å². The second-order valence-electron chi connectivity index (χ2n) is 5.91. The Bertz CT molecular complexity index is 521. The smallest absolute Gasteiger partial charge is 0.120 e. The maximum absolute atomic E-state index is 9.30. The first kappa shape index (κ1) is 24.2. The predicted molar refractivity (Wildman–Crippen MR) is 101 cm³/mol. The van der Waals surface area contributed by atoms with Crippen molar-refractivity contribution in [3.05, 3.63) is 0 Å². The largest absolute Gasteiger partial charge is 0.198 e. The molecule has 2 unspecified atom stereocenters. The maximum Gasteiger partial charge on any atom is 0.120 e. The molecule has 134 valence electrons. The number of halogens is 6. The lowest BCUT2D eigenvalue weighted by Crippen LogP contribution is -2.27. The number of hydrogen-bond donors (Lipinski definition) is 0. The average molecular weight is 452 g/mol. The molecule has 0 aromatic rings. The van der Waals surface area contributed by atoms with E-state index < -0.39 is 24.8 Å². The molecule has 0 saturated carbocycles. The Hall–Kier alpha value is 0.210. The third-order valence-corrected chi connectivity index (χ3v) is 4.82. The van der Waals surface area contributed by atoms with Crippen LogP contribution in [-0.2, 0) is 0 Å². The maximum atomic E-state index is 9.30. The fourth-order valence-corrected chi connectivity index (χ4v) is 3.94. The molecule has 0 aliphatic carbocycles. The second-order valence-corrected chi connectivity index (χ2v) is 11.1. The van der Waals surface area contributed by atoms with Crippen molar-refractivity contribution in [3.8, 4) is 18.2 Å². The van der Waals surface area contributed by atoms with Gasteiger partial charge in [-0.3, -0.25) is 0 Å². The first-order valence-corrected chi connectivity index (χ1v) is 9.40. The first-order chi connectivity index (χ1) is 10.8. The highest BCUT2D eigenvalue weighted by Gasteiger charge is 2.37. The van der Waals surface area contributed by atoms with Crippen LogP contribution in [0.4, 0.5) is 0 Å². The highest BCUT2D eigenvalue weighted by Crippen LogP contribution is 2.42. The Morgan fingerprint density at radius 2 is 1.17 bits per heavy atom. The number of nitrogens with zero attached hydrogens (tertiary/aromatic N) is 3. The van der Waals surface area contributed by atoms with Gasteiger partial charge < -0.3 is 0 Å². The van der Waals surface area contributed by atoms with Gasteiger partial charge in [0.05, 0.1) is 30.0 Å². The van der Waals surface area contributed by atoms with Crippen molar-refractivity contribution in [3.63, 3.8) is 0 Å². The monoisotopic (exact) mass is 449 g/mol. The third kappa shape index (κ3) is 11.7. The van der Waals surface area contributed by atoms with Crippen molar-refractivity contribution in [2.75, 3.05) is 0 Å². The van der Waals surface area contributed by atoms with Crippen LogP contribution in [0.15, 0.2) is 0 Å². The van der Waals surface area contributed by atoms with Gasteiger partial charge >= 0.3 is 0 Å². The van der Waals surface area contributed by atoms with E-state index in [1.807, 2.05) is 6.07 Å². The molecule has 0 amide bonds. The summed E-state index contributed by atoms with van der Waals surface area (Å²) in [6.07, 6.45) is 0.922. The zero-order chi connectivity index (χ0) is 19.0. The topological polar surface area (TPSA) is 71.4 Å². The van der Waals surface area contributed by atoms with Crippen molar-refractivity contribution in [2.24, 2.45) is 11.8 Å². The van der Waals surface area contributed by atoms with Crippen LogP contribution in [0.25, 0.3) is 0 Å². The molecule has 0 fully saturated rings. The Labute approximate surface area is 173 Å². The summed E-state index contributed by atoms with van der Waals surface area (Å²) in [6.45, 7) is 1.58. The van der Waals surface area contributed by atoms with Crippen LogP contribution in [0.1, 0.15) is 45.4 Å². The van der Waals surface area contributed by atoms with Crippen LogP contribution in [0, 0.1) is 45.8 Å². The minimum absolute atomic E-state index is 0.0832. The summed E-state index contributed by atoms with van der Waals surface area (Å²) >= 11 is 36.7. The summed E-state index contributed by atoms with van der Waals surface area (Å²) in [6, 6.07) is 6.10. The summed E-state index contributed by atoms with van der Waals surface area (Å²) in [5.74, 6) is -1.18. The molecule has 0 aliphatic heterocycles. The first-order valence-electron chi connectivity index (χ1n) is 7.14. The Kier molecular flexibility index (Phi) is 10.5. The lowest BCUT2D eigenvalue weighted by atomic mass is 9.91. The molecule has 0 radical (unpaired) electrons. The molecule has 2 atom stereocenters. The Morgan fingerprint density at radius 1 is 0.750 bits per heavy atom. The molecule has 0 saturated heterocycles. The van der Waals surface area contributed by atoms with Gasteiger partial charge in [0.2, 0.25) is 0 Å². The molecule has 9 heteroatoms. The van der Waals surface area contributed by atoms with Crippen molar-refractivity contribution >= 4 is 69.6 Å². The fraction of sp³-hybridized carbons (Fsp3) is 0.800. The van der Waals surface area contributed by atoms with Crippen molar-refractivity contribution in [2.45, 2.75) is 58.4 Å². The van der Waals surface area contributed by atoms with Crippen LogP contribution in [0.5, 0.6) is 0 Å². The Balaban J connectivity index is 4.83. The molecule has 0 N–H and O–H groups in total. The van der Waals surface area contributed by atoms with Crippen LogP contribution in [-0.4, -0.2) is 13.0 Å². The molecule has 0 rings (SSSR count). The van der Waals surface area contributed by atoms with Crippen LogP contribution in [0.2, 0.25) is 0 Å². The van der Waals surface area contributed by atoms with Crippen molar-refractivity contribution in [1.29, 1.82) is 15.8 Å². The third-order valence-electron chi connectivity index (χ3n) is 3.21.